The third-order valence-electron chi connectivity index (χ3n) is 1.34. The largest absolute Gasteiger partial charge is 0.468 e. The van der Waals surface area contributed by atoms with Gasteiger partial charge < -0.3 is 15.9 Å². The van der Waals surface area contributed by atoms with Crippen molar-refractivity contribution in [3.8, 4) is 0 Å². The summed E-state index contributed by atoms with van der Waals surface area (Å²) in [6.07, 6.45) is 4.00. The number of hydrogen-bond donors (Lipinski definition) is 2. The molecule has 0 amide bonds. The Morgan fingerprint density at radius 1 is 1.42 bits per heavy atom. The van der Waals surface area contributed by atoms with Gasteiger partial charge in [0, 0.05) is 0 Å². The van der Waals surface area contributed by atoms with E-state index in [1.807, 2.05) is 12.1 Å². The molecular formula is C9H18N2O. The number of nitrogens with two attached hydrogens (primary N) is 2. The van der Waals surface area contributed by atoms with E-state index in [2.05, 4.69) is 6.92 Å². The van der Waals surface area contributed by atoms with Crippen LogP contribution in [0.5, 0.6) is 0 Å². The van der Waals surface area contributed by atoms with E-state index in [-0.39, 0.29) is 0 Å². The highest BCUT2D eigenvalue weighted by molar-refractivity contribution is 4.96. The third-order valence-corrected chi connectivity index (χ3v) is 1.34. The van der Waals surface area contributed by atoms with E-state index in [1.165, 1.54) is 12.8 Å². The molecule has 0 spiro atoms. The normalized spacial score (nSPS) is 8.92. The number of unbranched alkanes of at least 4 members (excludes halogenated alkanes) is 1. The van der Waals surface area contributed by atoms with Crippen molar-refractivity contribution in [1.82, 2.24) is 0 Å². The van der Waals surface area contributed by atoms with Gasteiger partial charge in [-0.05, 0) is 25.1 Å². The zero-order valence-electron chi connectivity index (χ0n) is 7.62. The molecule has 0 fully saturated rings. The van der Waals surface area contributed by atoms with Crippen molar-refractivity contribution in [2.75, 3.05) is 6.54 Å². The summed E-state index contributed by atoms with van der Waals surface area (Å²) in [5.41, 5.74) is 10.3. The molecule has 3 heteroatoms. The second-order valence-electron chi connectivity index (χ2n) is 2.43. The van der Waals surface area contributed by atoms with Crippen molar-refractivity contribution in [1.29, 1.82) is 0 Å². The zero-order chi connectivity index (χ0) is 9.23. The first-order chi connectivity index (χ1) is 5.85. The van der Waals surface area contributed by atoms with Crippen LogP contribution in [0.4, 0.5) is 0 Å². The van der Waals surface area contributed by atoms with Gasteiger partial charge in [-0.3, -0.25) is 0 Å². The highest BCUT2D eigenvalue weighted by atomic mass is 16.3. The van der Waals surface area contributed by atoms with Crippen LogP contribution in [-0.4, -0.2) is 6.54 Å². The SMILES string of the molecule is CCCCN.NCc1ccco1. The maximum absolute atomic E-state index is 5.20. The van der Waals surface area contributed by atoms with Gasteiger partial charge in [-0.2, -0.15) is 0 Å². The molecule has 0 atom stereocenters. The van der Waals surface area contributed by atoms with Crippen LogP contribution in [0.3, 0.4) is 0 Å². The first-order valence-electron chi connectivity index (χ1n) is 4.27. The zero-order valence-corrected chi connectivity index (χ0v) is 7.62. The molecule has 1 rings (SSSR count). The molecule has 0 aromatic carbocycles. The van der Waals surface area contributed by atoms with Gasteiger partial charge in [0.05, 0.1) is 12.8 Å². The fourth-order valence-corrected chi connectivity index (χ4v) is 0.633. The van der Waals surface area contributed by atoms with Crippen molar-refractivity contribution in [3.05, 3.63) is 24.2 Å². The van der Waals surface area contributed by atoms with E-state index in [0.717, 1.165) is 12.3 Å². The van der Waals surface area contributed by atoms with Crippen LogP contribution in [0, 0.1) is 0 Å². The average Bonchev–Trinajstić information content (AvgIpc) is 2.58. The van der Waals surface area contributed by atoms with Crippen LogP contribution in [-0.2, 0) is 6.54 Å². The lowest BCUT2D eigenvalue weighted by Crippen LogP contribution is -1.95. The molecule has 12 heavy (non-hydrogen) atoms. The van der Waals surface area contributed by atoms with Gasteiger partial charge in [0.1, 0.15) is 5.76 Å². The molecule has 0 aliphatic heterocycles. The summed E-state index contributed by atoms with van der Waals surface area (Å²) in [7, 11) is 0. The van der Waals surface area contributed by atoms with Gasteiger partial charge in [0.2, 0.25) is 0 Å². The monoisotopic (exact) mass is 170 g/mol. The van der Waals surface area contributed by atoms with Crippen LogP contribution < -0.4 is 11.5 Å². The van der Waals surface area contributed by atoms with Crippen molar-refractivity contribution in [3.63, 3.8) is 0 Å². The molecule has 1 aromatic rings. The van der Waals surface area contributed by atoms with Crippen LogP contribution >= 0.6 is 0 Å². The first-order valence-corrected chi connectivity index (χ1v) is 4.27. The molecule has 0 radical (unpaired) electrons. The van der Waals surface area contributed by atoms with Gasteiger partial charge in [0.15, 0.2) is 0 Å². The van der Waals surface area contributed by atoms with Gasteiger partial charge in [-0.15, -0.1) is 0 Å². The molecular weight excluding hydrogens is 152 g/mol. The molecule has 70 valence electrons. The summed E-state index contributed by atoms with van der Waals surface area (Å²) < 4.78 is 4.86. The number of furan rings is 1. The quantitative estimate of drug-likeness (QED) is 0.722. The Labute approximate surface area is 73.7 Å². The molecule has 0 aliphatic rings. The smallest absolute Gasteiger partial charge is 0.117 e. The summed E-state index contributed by atoms with van der Waals surface area (Å²) in [6, 6.07) is 3.67. The molecule has 1 aromatic heterocycles. The molecule has 0 saturated carbocycles. The van der Waals surface area contributed by atoms with Crippen LogP contribution in [0.2, 0.25) is 0 Å². The maximum atomic E-state index is 5.20. The lowest BCUT2D eigenvalue weighted by molar-refractivity contribution is 0.512. The Morgan fingerprint density at radius 3 is 2.33 bits per heavy atom. The van der Waals surface area contributed by atoms with Crippen LogP contribution in [0.1, 0.15) is 25.5 Å². The van der Waals surface area contributed by atoms with Crippen molar-refractivity contribution < 1.29 is 4.42 Å². The maximum Gasteiger partial charge on any atom is 0.117 e. The Bertz CT molecular complexity index is 159. The molecule has 0 aliphatic carbocycles. The summed E-state index contributed by atoms with van der Waals surface area (Å²) >= 11 is 0. The standard InChI is InChI=1S/C5H7NO.C4H11N/c6-4-5-2-1-3-7-5;1-2-3-4-5/h1-3H,4,6H2;2-5H2,1H3. The molecule has 0 bridgehead atoms. The number of rotatable bonds is 3. The predicted octanol–water partition coefficient (Wildman–Crippen LogP) is 1.48. The molecule has 0 saturated heterocycles. The number of hydrogen-bond acceptors (Lipinski definition) is 3. The highest BCUT2D eigenvalue weighted by Gasteiger charge is 1.84. The summed E-state index contributed by atoms with van der Waals surface area (Å²) in [5, 5.41) is 0. The third kappa shape index (κ3) is 5.95. The summed E-state index contributed by atoms with van der Waals surface area (Å²) in [4.78, 5) is 0. The molecule has 4 N–H and O–H groups in total. The second-order valence-corrected chi connectivity index (χ2v) is 2.43. The minimum absolute atomic E-state index is 0.493. The van der Waals surface area contributed by atoms with E-state index < -0.39 is 0 Å². The molecule has 3 nitrogen and oxygen atoms in total. The van der Waals surface area contributed by atoms with E-state index in [1.54, 1.807) is 6.26 Å². The van der Waals surface area contributed by atoms with Crippen LogP contribution in [0.25, 0.3) is 0 Å². The Morgan fingerprint density at radius 2 is 2.17 bits per heavy atom. The van der Waals surface area contributed by atoms with E-state index in [9.17, 15) is 0 Å². The minimum atomic E-state index is 0.493. The molecule has 0 unspecified atom stereocenters. The predicted molar refractivity (Wildman–Crippen MR) is 50.6 cm³/mol. The van der Waals surface area contributed by atoms with Gasteiger partial charge in [-0.1, -0.05) is 13.3 Å². The van der Waals surface area contributed by atoms with Crippen molar-refractivity contribution in [2.24, 2.45) is 11.5 Å². The second kappa shape index (κ2) is 8.30. The average molecular weight is 170 g/mol. The van der Waals surface area contributed by atoms with E-state index in [4.69, 9.17) is 15.9 Å². The first kappa shape index (κ1) is 11.2. The Hall–Kier alpha value is -0.800. The highest BCUT2D eigenvalue weighted by Crippen LogP contribution is 1.95. The van der Waals surface area contributed by atoms with Crippen LogP contribution in [0.15, 0.2) is 22.8 Å². The van der Waals surface area contributed by atoms with Gasteiger partial charge >= 0.3 is 0 Å². The van der Waals surface area contributed by atoms with Gasteiger partial charge in [0.25, 0.3) is 0 Å². The van der Waals surface area contributed by atoms with Crippen molar-refractivity contribution >= 4 is 0 Å². The summed E-state index contributed by atoms with van der Waals surface area (Å²) in [6.45, 7) is 3.47. The topological polar surface area (TPSA) is 65.2 Å². The summed E-state index contributed by atoms with van der Waals surface area (Å²) in [5.74, 6) is 0.833. The fraction of sp³-hybridized carbons (Fsp3) is 0.556. The lowest BCUT2D eigenvalue weighted by atomic mass is 10.3. The van der Waals surface area contributed by atoms with E-state index in [0.29, 0.717) is 6.54 Å². The van der Waals surface area contributed by atoms with E-state index >= 15 is 0 Å². The minimum Gasteiger partial charge on any atom is -0.468 e. The lowest BCUT2D eigenvalue weighted by Gasteiger charge is -1.80. The van der Waals surface area contributed by atoms with Gasteiger partial charge in [-0.25, -0.2) is 0 Å². The Kier molecular flexibility index (Phi) is 7.74. The van der Waals surface area contributed by atoms with Crippen molar-refractivity contribution in [2.45, 2.75) is 26.3 Å². The molecule has 1 heterocycles. The fourth-order valence-electron chi connectivity index (χ4n) is 0.633. The Balaban J connectivity index is 0.000000217.